The van der Waals surface area contributed by atoms with E-state index in [0.29, 0.717) is 25.9 Å². The largest absolute Gasteiger partial charge is 0.391 e. The Morgan fingerprint density at radius 3 is 2.69 bits per heavy atom. The summed E-state index contributed by atoms with van der Waals surface area (Å²) >= 11 is 4.30. The van der Waals surface area contributed by atoms with Crippen molar-refractivity contribution in [3.63, 3.8) is 0 Å². The third kappa shape index (κ3) is 3.56. The molecule has 0 aromatic heterocycles. The highest BCUT2D eigenvalue weighted by molar-refractivity contribution is 7.81. The lowest BCUT2D eigenvalue weighted by Crippen LogP contribution is -2.33. The molecule has 1 saturated heterocycles. The predicted molar refractivity (Wildman–Crippen MR) is 54.9 cm³/mol. The highest BCUT2D eigenvalue weighted by Crippen LogP contribution is 2.20. The number of carbonyl (C=O) groups excluding carboxylic acids is 1. The normalized spacial score (nSPS) is 23.7. The van der Waals surface area contributed by atoms with E-state index in [0.717, 1.165) is 0 Å². The average molecular weight is 203 g/mol. The molecule has 3 nitrogen and oxygen atoms in total. The number of β-amino-alcohol motifs (C(OH)–C–C–N with tert-alkyl or cyclic N) is 1. The number of amides is 1. The van der Waals surface area contributed by atoms with Gasteiger partial charge in [-0.1, -0.05) is 13.8 Å². The fourth-order valence-electron chi connectivity index (χ4n) is 1.45. The van der Waals surface area contributed by atoms with Crippen molar-refractivity contribution in [3.05, 3.63) is 0 Å². The third-order valence-electron chi connectivity index (χ3n) is 2.10. The highest BCUT2D eigenvalue weighted by Gasteiger charge is 2.27. The molecule has 0 saturated carbocycles. The SMILES string of the molecule is CC(C)(S)CC(=O)N1CCC(O)C1. The topological polar surface area (TPSA) is 40.5 Å². The number of likely N-dealkylation sites (tertiary alicyclic amines) is 1. The van der Waals surface area contributed by atoms with Crippen molar-refractivity contribution < 1.29 is 9.90 Å². The lowest BCUT2D eigenvalue weighted by molar-refractivity contribution is -0.130. The maximum absolute atomic E-state index is 11.6. The van der Waals surface area contributed by atoms with Gasteiger partial charge in [-0.15, -0.1) is 0 Å². The van der Waals surface area contributed by atoms with Gasteiger partial charge in [0.15, 0.2) is 0 Å². The van der Waals surface area contributed by atoms with Gasteiger partial charge >= 0.3 is 0 Å². The number of aliphatic hydroxyl groups excluding tert-OH is 1. The van der Waals surface area contributed by atoms with E-state index in [1.807, 2.05) is 13.8 Å². The molecule has 1 aliphatic heterocycles. The van der Waals surface area contributed by atoms with Crippen LogP contribution in [0.1, 0.15) is 26.7 Å². The minimum absolute atomic E-state index is 0.0940. The molecule has 1 unspecified atom stereocenters. The summed E-state index contributed by atoms with van der Waals surface area (Å²) in [6, 6.07) is 0. The van der Waals surface area contributed by atoms with E-state index in [1.54, 1.807) is 4.90 Å². The highest BCUT2D eigenvalue weighted by atomic mass is 32.1. The zero-order chi connectivity index (χ0) is 10.1. The first-order valence-electron chi connectivity index (χ1n) is 4.57. The van der Waals surface area contributed by atoms with Gasteiger partial charge in [-0.3, -0.25) is 4.79 Å². The molecule has 1 fully saturated rings. The van der Waals surface area contributed by atoms with Crippen molar-refractivity contribution in [2.45, 2.75) is 37.5 Å². The molecule has 13 heavy (non-hydrogen) atoms. The molecule has 1 rings (SSSR count). The molecule has 0 spiro atoms. The first kappa shape index (κ1) is 10.9. The first-order chi connectivity index (χ1) is 5.88. The number of rotatable bonds is 2. The summed E-state index contributed by atoms with van der Waals surface area (Å²) in [5, 5.41) is 9.23. The summed E-state index contributed by atoms with van der Waals surface area (Å²) in [6.07, 6.45) is 0.814. The van der Waals surface area contributed by atoms with E-state index < -0.39 is 0 Å². The molecular weight excluding hydrogens is 186 g/mol. The van der Waals surface area contributed by atoms with Gasteiger partial charge in [0, 0.05) is 24.3 Å². The van der Waals surface area contributed by atoms with Gasteiger partial charge in [-0.2, -0.15) is 12.6 Å². The summed E-state index contributed by atoms with van der Waals surface area (Å²) in [5.41, 5.74) is 0. The second-order valence-electron chi connectivity index (χ2n) is 4.27. The van der Waals surface area contributed by atoms with E-state index in [4.69, 9.17) is 0 Å². The molecule has 0 radical (unpaired) electrons. The quantitative estimate of drug-likeness (QED) is 0.648. The van der Waals surface area contributed by atoms with Crippen molar-refractivity contribution in [2.24, 2.45) is 0 Å². The standard InChI is InChI=1S/C9H17NO2S/c1-9(2,13)5-8(12)10-4-3-7(11)6-10/h7,11,13H,3-6H2,1-2H3. The molecule has 1 amide bonds. The molecule has 0 aromatic rings. The van der Waals surface area contributed by atoms with Gasteiger partial charge in [-0.25, -0.2) is 0 Å². The van der Waals surface area contributed by atoms with Crippen LogP contribution in [0.15, 0.2) is 0 Å². The van der Waals surface area contributed by atoms with E-state index in [-0.39, 0.29) is 16.8 Å². The zero-order valence-corrected chi connectivity index (χ0v) is 9.05. The lowest BCUT2D eigenvalue weighted by Gasteiger charge is -2.21. The van der Waals surface area contributed by atoms with E-state index in [1.165, 1.54) is 0 Å². The fourth-order valence-corrected chi connectivity index (χ4v) is 1.59. The van der Waals surface area contributed by atoms with E-state index >= 15 is 0 Å². The summed E-state index contributed by atoms with van der Waals surface area (Å²) in [6.45, 7) is 5.01. The Morgan fingerprint density at radius 2 is 2.31 bits per heavy atom. The van der Waals surface area contributed by atoms with Crippen molar-refractivity contribution in [1.29, 1.82) is 0 Å². The second kappa shape index (κ2) is 3.88. The summed E-state index contributed by atoms with van der Waals surface area (Å²) in [5.74, 6) is 0.0940. The summed E-state index contributed by atoms with van der Waals surface area (Å²) in [7, 11) is 0. The molecule has 1 heterocycles. The van der Waals surface area contributed by atoms with Gasteiger partial charge < -0.3 is 10.0 Å². The molecule has 76 valence electrons. The van der Waals surface area contributed by atoms with Gasteiger partial charge in [0.2, 0.25) is 5.91 Å². The second-order valence-corrected chi connectivity index (χ2v) is 5.48. The molecule has 4 heteroatoms. The molecule has 0 aliphatic carbocycles. The van der Waals surface area contributed by atoms with Crippen LogP contribution in [0.4, 0.5) is 0 Å². The van der Waals surface area contributed by atoms with Crippen LogP contribution in [0.25, 0.3) is 0 Å². The number of carbonyl (C=O) groups is 1. The van der Waals surface area contributed by atoms with Crippen molar-refractivity contribution in [1.82, 2.24) is 4.90 Å². The minimum Gasteiger partial charge on any atom is -0.391 e. The van der Waals surface area contributed by atoms with Crippen molar-refractivity contribution in [3.8, 4) is 0 Å². The van der Waals surface area contributed by atoms with Crippen LogP contribution in [0.3, 0.4) is 0 Å². The number of hydrogen-bond acceptors (Lipinski definition) is 3. The fraction of sp³-hybridized carbons (Fsp3) is 0.889. The average Bonchev–Trinajstić information content (AvgIpc) is 2.31. The van der Waals surface area contributed by atoms with Crippen LogP contribution >= 0.6 is 12.6 Å². The number of thiol groups is 1. The lowest BCUT2D eigenvalue weighted by atomic mass is 10.1. The smallest absolute Gasteiger partial charge is 0.224 e. The van der Waals surface area contributed by atoms with Gasteiger partial charge in [0.1, 0.15) is 0 Å². The molecule has 0 aromatic carbocycles. The van der Waals surface area contributed by atoms with Crippen LogP contribution < -0.4 is 0 Å². The molecule has 1 atom stereocenters. The Balaban J connectivity index is 2.41. The monoisotopic (exact) mass is 203 g/mol. The Kier molecular flexibility index (Phi) is 3.24. The maximum atomic E-state index is 11.6. The number of hydrogen-bond donors (Lipinski definition) is 2. The van der Waals surface area contributed by atoms with E-state index in [9.17, 15) is 9.90 Å². The Labute approximate surface area is 84.5 Å². The zero-order valence-electron chi connectivity index (χ0n) is 8.16. The van der Waals surface area contributed by atoms with Gasteiger partial charge in [0.05, 0.1) is 6.10 Å². The first-order valence-corrected chi connectivity index (χ1v) is 5.01. The van der Waals surface area contributed by atoms with Crippen LogP contribution in [0.2, 0.25) is 0 Å². The molecule has 1 aliphatic rings. The Hall–Kier alpha value is -0.220. The predicted octanol–water partition coefficient (Wildman–Crippen LogP) is 0.678. The van der Waals surface area contributed by atoms with E-state index in [2.05, 4.69) is 12.6 Å². The molecule has 1 N–H and O–H groups in total. The third-order valence-corrected chi connectivity index (χ3v) is 2.26. The molecular formula is C9H17NO2S. The Morgan fingerprint density at radius 1 is 1.69 bits per heavy atom. The van der Waals surface area contributed by atoms with Crippen molar-refractivity contribution >= 4 is 18.5 Å². The van der Waals surface area contributed by atoms with Crippen LogP contribution in [0.5, 0.6) is 0 Å². The summed E-state index contributed by atoms with van der Waals surface area (Å²) in [4.78, 5) is 13.3. The maximum Gasteiger partial charge on any atom is 0.224 e. The van der Waals surface area contributed by atoms with Crippen molar-refractivity contribution in [2.75, 3.05) is 13.1 Å². The van der Waals surface area contributed by atoms with Crippen LogP contribution in [-0.4, -0.2) is 39.9 Å². The Bertz CT molecular complexity index is 200. The summed E-state index contributed by atoms with van der Waals surface area (Å²) < 4.78 is -0.259. The molecule has 0 bridgehead atoms. The number of nitrogens with zero attached hydrogens (tertiary/aromatic N) is 1. The van der Waals surface area contributed by atoms with Gasteiger partial charge in [0.25, 0.3) is 0 Å². The van der Waals surface area contributed by atoms with Crippen LogP contribution in [0, 0.1) is 0 Å². The van der Waals surface area contributed by atoms with Crippen LogP contribution in [-0.2, 0) is 4.79 Å². The van der Waals surface area contributed by atoms with Gasteiger partial charge in [-0.05, 0) is 6.42 Å². The number of aliphatic hydroxyl groups is 1. The minimum atomic E-state index is -0.327.